The molecule has 1 unspecified atom stereocenters. The Morgan fingerprint density at radius 2 is 2.28 bits per heavy atom. The van der Waals surface area contributed by atoms with Gasteiger partial charge in [-0.2, -0.15) is 0 Å². The number of anilines is 1. The van der Waals surface area contributed by atoms with Crippen molar-refractivity contribution < 1.29 is 9.31 Å². The molecule has 1 rings (SSSR count). The molecular formula is C12H18FN3O2. The van der Waals surface area contributed by atoms with Gasteiger partial charge < -0.3 is 11.1 Å². The third kappa shape index (κ3) is 3.96. The zero-order valence-electron chi connectivity index (χ0n) is 10.4. The minimum atomic E-state index is -0.626. The molecule has 18 heavy (non-hydrogen) atoms. The van der Waals surface area contributed by atoms with Crippen molar-refractivity contribution in [2.45, 2.75) is 32.2 Å². The van der Waals surface area contributed by atoms with Crippen molar-refractivity contribution >= 4 is 11.4 Å². The number of rotatable bonds is 7. The lowest BCUT2D eigenvalue weighted by Gasteiger charge is -2.18. The van der Waals surface area contributed by atoms with Gasteiger partial charge in [0.1, 0.15) is 0 Å². The van der Waals surface area contributed by atoms with Crippen molar-refractivity contribution in [1.29, 1.82) is 0 Å². The molecule has 0 fully saturated rings. The van der Waals surface area contributed by atoms with Gasteiger partial charge in [-0.25, -0.2) is 4.39 Å². The number of nitrogens with two attached hydrogens (primary N) is 1. The lowest BCUT2D eigenvalue weighted by molar-refractivity contribution is -0.385. The molecular weight excluding hydrogens is 237 g/mol. The first-order valence-corrected chi connectivity index (χ1v) is 5.99. The second kappa shape index (κ2) is 6.90. The lowest BCUT2D eigenvalue weighted by atomic mass is 10.1. The van der Waals surface area contributed by atoms with Crippen molar-refractivity contribution in [2.24, 2.45) is 5.73 Å². The highest BCUT2D eigenvalue weighted by Crippen LogP contribution is 2.21. The first-order valence-electron chi connectivity index (χ1n) is 5.99. The van der Waals surface area contributed by atoms with Gasteiger partial charge in [0.25, 0.3) is 5.69 Å². The number of nitrogens with zero attached hydrogens (tertiary/aromatic N) is 1. The molecule has 0 aliphatic carbocycles. The first kappa shape index (κ1) is 14.4. The van der Waals surface area contributed by atoms with Crippen molar-refractivity contribution in [1.82, 2.24) is 0 Å². The maximum atomic E-state index is 13.6. The van der Waals surface area contributed by atoms with Crippen LogP contribution in [0.25, 0.3) is 0 Å². The van der Waals surface area contributed by atoms with Gasteiger partial charge in [-0.05, 0) is 12.5 Å². The number of non-ortho nitro benzene ring substituents is 1. The van der Waals surface area contributed by atoms with E-state index in [1.807, 2.05) is 0 Å². The summed E-state index contributed by atoms with van der Waals surface area (Å²) in [6.07, 6.45) is 2.90. The largest absolute Gasteiger partial charge is 0.379 e. The SMILES string of the molecule is CCCCC(CN)Nc1ccc([N+](=O)[O-])cc1F. The molecule has 0 saturated carbocycles. The van der Waals surface area contributed by atoms with Crippen LogP contribution in [0.2, 0.25) is 0 Å². The van der Waals surface area contributed by atoms with Crippen molar-refractivity contribution in [3.05, 3.63) is 34.1 Å². The summed E-state index contributed by atoms with van der Waals surface area (Å²) >= 11 is 0. The average Bonchev–Trinajstić information content (AvgIpc) is 2.35. The Morgan fingerprint density at radius 1 is 1.56 bits per heavy atom. The number of nitro groups is 1. The third-order valence-corrected chi connectivity index (χ3v) is 2.71. The molecule has 0 saturated heterocycles. The summed E-state index contributed by atoms with van der Waals surface area (Å²) in [5, 5.41) is 13.5. The monoisotopic (exact) mass is 255 g/mol. The molecule has 3 N–H and O–H groups in total. The maximum Gasteiger partial charge on any atom is 0.272 e. The Hall–Kier alpha value is -1.69. The Morgan fingerprint density at radius 3 is 2.78 bits per heavy atom. The van der Waals surface area contributed by atoms with E-state index in [-0.39, 0.29) is 17.4 Å². The minimum Gasteiger partial charge on any atom is -0.379 e. The average molecular weight is 255 g/mol. The summed E-state index contributed by atoms with van der Waals surface area (Å²) < 4.78 is 13.6. The number of halogens is 1. The Labute approximate surface area is 105 Å². The van der Waals surface area contributed by atoms with E-state index < -0.39 is 10.7 Å². The van der Waals surface area contributed by atoms with Crippen LogP contribution in [0.3, 0.4) is 0 Å². The van der Waals surface area contributed by atoms with Crippen LogP contribution >= 0.6 is 0 Å². The first-order chi connectivity index (χ1) is 8.58. The van der Waals surface area contributed by atoms with E-state index in [0.717, 1.165) is 25.3 Å². The molecule has 1 aromatic carbocycles. The summed E-state index contributed by atoms with van der Waals surface area (Å²) in [7, 11) is 0. The van der Waals surface area contributed by atoms with Crippen molar-refractivity contribution in [2.75, 3.05) is 11.9 Å². The molecule has 5 nitrogen and oxygen atoms in total. The zero-order valence-corrected chi connectivity index (χ0v) is 10.4. The number of hydrogen-bond acceptors (Lipinski definition) is 4. The van der Waals surface area contributed by atoms with Crippen LogP contribution in [0.1, 0.15) is 26.2 Å². The lowest BCUT2D eigenvalue weighted by Crippen LogP contribution is -2.29. The highest BCUT2D eigenvalue weighted by Gasteiger charge is 2.13. The Bertz CT molecular complexity index is 412. The van der Waals surface area contributed by atoms with E-state index in [2.05, 4.69) is 12.2 Å². The fourth-order valence-electron chi connectivity index (χ4n) is 1.65. The minimum absolute atomic E-state index is 0.0130. The van der Waals surface area contributed by atoms with E-state index in [4.69, 9.17) is 5.73 Å². The molecule has 0 spiro atoms. The topological polar surface area (TPSA) is 81.2 Å². The highest BCUT2D eigenvalue weighted by molar-refractivity contribution is 5.50. The quantitative estimate of drug-likeness (QED) is 0.579. The van der Waals surface area contributed by atoms with Gasteiger partial charge >= 0.3 is 0 Å². The van der Waals surface area contributed by atoms with Gasteiger partial charge in [-0.15, -0.1) is 0 Å². The van der Waals surface area contributed by atoms with Crippen LogP contribution in [-0.4, -0.2) is 17.5 Å². The fraction of sp³-hybridized carbons (Fsp3) is 0.500. The predicted octanol–water partition coefficient (Wildman–Crippen LogP) is 2.66. The van der Waals surface area contributed by atoms with E-state index in [0.29, 0.717) is 6.54 Å². The van der Waals surface area contributed by atoms with Crippen LogP contribution in [0.15, 0.2) is 18.2 Å². The molecule has 0 radical (unpaired) electrons. The van der Waals surface area contributed by atoms with Crippen molar-refractivity contribution in [3.63, 3.8) is 0 Å². The summed E-state index contributed by atoms with van der Waals surface area (Å²) in [4.78, 5) is 9.86. The van der Waals surface area contributed by atoms with E-state index in [1.54, 1.807) is 0 Å². The second-order valence-corrected chi connectivity index (χ2v) is 4.14. The molecule has 0 aliphatic heterocycles. The summed E-state index contributed by atoms with van der Waals surface area (Å²) in [6.45, 7) is 2.47. The van der Waals surface area contributed by atoms with Gasteiger partial charge in [0.15, 0.2) is 5.82 Å². The van der Waals surface area contributed by atoms with Crippen LogP contribution in [0.4, 0.5) is 15.8 Å². The van der Waals surface area contributed by atoms with Gasteiger partial charge in [0.05, 0.1) is 16.7 Å². The number of unbranched alkanes of at least 4 members (excludes halogenated alkanes) is 1. The molecule has 0 bridgehead atoms. The normalized spacial score (nSPS) is 12.2. The molecule has 1 atom stereocenters. The second-order valence-electron chi connectivity index (χ2n) is 4.14. The Balaban J connectivity index is 2.74. The molecule has 0 aromatic heterocycles. The molecule has 6 heteroatoms. The Kier molecular flexibility index (Phi) is 5.51. The molecule has 0 heterocycles. The van der Waals surface area contributed by atoms with Crippen molar-refractivity contribution in [3.8, 4) is 0 Å². The fourth-order valence-corrected chi connectivity index (χ4v) is 1.65. The molecule has 100 valence electrons. The smallest absolute Gasteiger partial charge is 0.272 e. The summed E-state index contributed by atoms with van der Waals surface area (Å²) in [5.41, 5.74) is 5.60. The number of benzene rings is 1. The van der Waals surface area contributed by atoms with Gasteiger partial charge in [-0.3, -0.25) is 10.1 Å². The molecule has 0 amide bonds. The van der Waals surface area contributed by atoms with Gasteiger partial charge in [0, 0.05) is 18.7 Å². The summed E-state index contributed by atoms with van der Waals surface area (Å²) in [5.74, 6) is -0.626. The predicted molar refractivity (Wildman–Crippen MR) is 69.0 cm³/mol. The van der Waals surface area contributed by atoms with Crippen LogP contribution < -0.4 is 11.1 Å². The van der Waals surface area contributed by atoms with E-state index in [1.165, 1.54) is 12.1 Å². The maximum absolute atomic E-state index is 13.6. The third-order valence-electron chi connectivity index (χ3n) is 2.71. The number of nitrogens with one attached hydrogen (secondary N) is 1. The van der Waals surface area contributed by atoms with Crippen LogP contribution in [-0.2, 0) is 0 Å². The zero-order chi connectivity index (χ0) is 13.5. The van der Waals surface area contributed by atoms with Crippen LogP contribution in [0.5, 0.6) is 0 Å². The summed E-state index contributed by atoms with van der Waals surface area (Å²) in [6, 6.07) is 3.55. The number of nitro benzene ring substituents is 1. The van der Waals surface area contributed by atoms with E-state index >= 15 is 0 Å². The van der Waals surface area contributed by atoms with Gasteiger partial charge in [0.2, 0.25) is 0 Å². The standard InChI is InChI=1S/C12H18FN3O2/c1-2-3-4-9(8-14)15-12-6-5-10(16(17)18)7-11(12)13/h5-7,9,15H,2-4,8,14H2,1H3. The van der Waals surface area contributed by atoms with Crippen LogP contribution in [0, 0.1) is 15.9 Å². The number of hydrogen-bond donors (Lipinski definition) is 2. The van der Waals surface area contributed by atoms with Gasteiger partial charge in [-0.1, -0.05) is 19.8 Å². The van der Waals surface area contributed by atoms with E-state index in [9.17, 15) is 14.5 Å². The highest BCUT2D eigenvalue weighted by atomic mass is 19.1. The molecule has 1 aromatic rings. The molecule has 0 aliphatic rings.